The average molecular weight is 283 g/mol. The van der Waals surface area contributed by atoms with E-state index >= 15 is 0 Å². The first-order chi connectivity index (χ1) is 9.55. The van der Waals surface area contributed by atoms with Gasteiger partial charge >= 0.3 is 6.03 Å². The normalized spacial score (nSPS) is 28.9. The van der Waals surface area contributed by atoms with Crippen LogP contribution in [0.2, 0.25) is 0 Å². The molecule has 0 spiro atoms. The van der Waals surface area contributed by atoms with Crippen LogP contribution in [0.25, 0.3) is 0 Å². The highest BCUT2D eigenvalue weighted by Gasteiger charge is 2.52. The number of urea groups is 1. The number of nitrogens with one attached hydrogen (secondary N) is 2. The van der Waals surface area contributed by atoms with E-state index in [1.54, 1.807) is 0 Å². The lowest BCUT2D eigenvalue weighted by Crippen LogP contribution is -2.46. The molecule has 0 aromatic carbocycles. The molecule has 20 heavy (non-hydrogen) atoms. The number of carbonyl (C=O) groups excluding carboxylic acids is 2. The summed E-state index contributed by atoms with van der Waals surface area (Å²) in [5, 5.41) is 5.48. The van der Waals surface area contributed by atoms with Crippen molar-refractivity contribution in [3.63, 3.8) is 0 Å². The number of amides is 3. The van der Waals surface area contributed by atoms with Gasteiger partial charge in [-0.3, -0.25) is 4.79 Å². The van der Waals surface area contributed by atoms with Gasteiger partial charge in [0.25, 0.3) is 0 Å². The number of piperidine rings is 1. The van der Waals surface area contributed by atoms with E-state index in [4.69, 9.17) is 4.74 Å². The summed E-state index contributed by atoms with van der Waals surface area (Å²) in [7, 11) is 0. The van der Waals surface area contributed by atoms with Crippen LogP contribution < -0.4 is 10.6 Å². The standard InChI is InChI=1S/C14H25N3O3/c1-3-20-14(2)9-11(14)16-13(19)15-10-12(18)17-7-5-4-6-8-17/h11H,3-10H2,1-2H3,(H2,15,16,19)/t11-,14+/m1/s1. The number of hydrogen-bond acceptors (Lipinski definition) is 3. The third-order valence-corrected chi connectivity index (χ3v) is 4.07. The number of hydrogen-bond donors (Lipinski definition) is 2. The molecule has 114 valence electrons. The molecule has 2 rings (SSSR count). The van der Waals surface area contributed by atoms with Crippen LogP contribution in [0, 0.1) is 0 Å². The van der Waals surface area contributed by atoms with Gasteiger partial charge in [-0.2, -0.15) is 0 Å². The van der Waals surface area contributed by atoms with Crippen molar-refractivity contribution in [1.29, 1.82) is 0 Å². The minimum atomic E-state index is -0.288. The predicted octanol–water partition coefficient (Wildman–Crippen LogP) is 0.866. The maximum Gasteiger partial charge on any atom is 0.315 e. The maximum absolute atomic E-state index is 11.9. The molecule has 0 aromatic rings. The van der Waals surface area contributed by atoms with Crippen LogP contribution in [-0.4, -0.2) is 54.7 Å². The Labute approximate surface area is 120 Å². The number of carbonyl (C=O) groups is 2. The first kappa shape index (κ1) is 15.1. The highest BCUT2D eigenvalue weighted by atomic mass is 16.5. The molecule has 2 aliphatic rings. The molecule has 6 nitrogen and oxygen atoms in total. The summed E-state index contributed by atoms with van der Waals surface area (Å²) in [6.07, 6.45) is 4.14. The van der Waals surface area contributed by atoms with Gasteiger partial charge in [0.2, 0.25) is 5.91 Å². The highest BCUT2D eigenvalue weighted by Crippen LogP contribution is 2.39. The van der Waals surface area contributed by atoms with Crippen LogP contribution in [0.3, 0.4) is 0 Å². The Kier molecular flexibility index (Phi) is 4.86. The van der Waals surface area contributed by atoms with Gasteiger partial charge in [-0.1, -0.05) is 0 Å². The van der Waals surface area contributed by atoms with E-state index < -0.39 is 0 Å². The van der Waals surface area contributed by atoms with Crippen molar-refractivity contribution in [2.75, 3.05) is 26.2 Å². The van der Waals surface area contributed by atoms with Gasteiger partial charge in [0.05, 0.1) is 18.2 Å². The molecule has 2 atom stereocenters. The first-order valence-corrected chi connectivity index (χ1v) is 7.51. The van der Waals surface area contributed by atoms with Crippen LogP contribution in [0.5, 0.6) is 0 Å². The summed E-state index contributed by atoms with van der Waals surface area (Å²) in [5.41, 5.74) is -0.233. The first-order valence-electron chi connectivity index (χ1n) is 7.51. The summed E-state index contributed by atoms with van der Waals surface area (Å²) in [6, 6.07) is -0.240. The van der Waals surface area contributed by atoms with E-state index in [-0.39, 0.29) is 30.1 Å². The molecule has 1 aliphatic heterocycles. The molecule has 0 bridgehead atoms. The third-order valence-electron chi connectivity index (χ3n) is 4.07. The Morgan fingerprint density at radius 1 is 1.30 bits per heavy atom. The number of nitrogens with zero attached hydrogens (tertiary/aromatic N) is 1. The predicted molar refractivity (Wildman–Crippen MR) is 75.4 cm³/mol. The zero-order valence-electron chi connectivity index (χ0n) is 12.4. The minimum Gasteiger partial charge on any atom is -0.373 e. The van der Waals surface area contributed by atoms with Crippen molar-refractivity contribution in [3.8, 4) is 0 Å². The third kappa shape index (κ3) is 3.85. The SMILES string of the molecule is CCO[C@@]1(C)C[C@H]1NC(=O)NCC(=O)N1CCCCC1. The maximum atomic E-state index is 11.9. The molecule has 1 saturated heterocycles. The van der Waals surface area contributed by atoms with Gasteiger partial charge in [-0.05, 0) is 33.1 Å². The van der Waals surface area contributed by atoms with Gasteiger partial charge in [0.15, 0.2) is 0 Å². The van der Waals surface area contributed by atoms with Crippen LogP contribution in [-0.2, 0) is 9.53 Å². The van der Waals surface area contributed by atoms with E-state index in [1.807, 2.05) is 18.7 Å². The molecule has 2 N–H and O–H groups in total. The summed E-state index contributed by atoms with van der Waals surface area (Å²) in [4.78, 5) is 25.4. The Balaban J connectivity index is 1.64. The molecule has 1 saturated carbocycles. The van der Waals surface area contributed by atoms with Gasteiger partial charge in [-0.25, -0.2) is 4.79 Å². The Bertz CT molecular complexity index is 369. The molecular formula is C14H25N3O3. The van der Waals surface area contributed by atoms with Gasteiger partial charge in [0, 0.05) is 26.1 Å². The van der Waals surface area contributed by atoms with Gasteiger partial charge in [-0.15, -0.1) is 0 Å². The molecule has 0 unspecified atom stereocenters. The van der Waals surface area contributed by atoms with Crippen molar-refractivity contribution in [2.45, 2.75) is 51.2 Å². The summed E-state index contributed by atoms with van der Waals surface area (Å²) in [5.74, 6) is 0.00298. The van der Waals surface area contributed by atoms with Crippen molar-refractivity contribution in [1.82, 2.24) is 15.5 Å². The minimum absolute atomic E-state index is 0.00298. The Morgan fingerprint density at radius 3 is 2.65 bits per heavy atom. The van der Waals surface area contributed by atoms with E-state index in [1.165, 1.54) is 6.42 Å². The van der Waals surface area contributed by atoms with Crippen LogP contribution in [0.15, 0.2) is 0 Å². The van der Waals surface area contributed by atoms with Crippen molar-refractivity contribution in [3.05, 3.63) is 0 Å². The second-order valence-corrected chi connectivity index (χ2v) is 5.77. The van der Waals surface area contributed by atoms with Crippen molar-refractivity contribution >= 4 is 11.9 Å². The lowest BCUT2D eigenvalue weighted by Gasteiger charge is -2.26. The second-order valence-electron chi connectivity index (χ2n) is 5.77. The quantitative estimate of drug-likeness (QED) is 0.786. The summed E-state index contributed by atoms with van der Waals surface area (Å²) in [6.45, 7) is 6.27. The average Bonchev–Trinajstić information content (AvgIpc) is 3.07. The summed E-state index contributed by atoms with van der Waals surface area (Å²) < 4.78 is 5.56. The van der Waals surface area contributed by atoms with E-state index in [9.17, 15) is 9.59 Å². The lowest BCUT2D eigenvalue weighted by atomic mass is 10.1. The van der Waals surface area contributed by atoms with Crippen molar-refractivity contribution in [2.24, 2.45) is 0 Å². The number of ether oxygens (including phenoxy) is 1. The lowest BCUT2D eigenvalue weighted by molar-refractivity contribution is -0.130. The zero-order valence-corrected chi connectivity index (χ0v) is 12.4. The molecule has 6 heteroatoms. The number of likely N-dealkylation sites (tertiary alicyclic amines) is 1. The highest BCUT2D eigenvalue weighted by molar-refractivity contribution is 5.84. The molecular weight excluding hydrogens is 258 g/mol. The van der Waals surface area contributed by atoms with Crippen LogP contribution in [0.1, 0.15) is 39.5 Å². The van der Waals surface area contributed by atoms with E-state index in [0.717, 1.165) is 32.4 Å². The Hall–Kier alpha value is -1.30. The topological polar surface area (TPSA) is 70.7 Å². The fraction of sp³-hybridized carbons (Fsp3) is 0.857. The Morgan fingerprint density at radius 2 is 2.00 bits per heavy atom. The monoisotopic (exact) mass is 283 g/mol. The molecule has 1 aliphatic carbocycles. The smallest absolute Gasteiger partial charge is 0.315 e. The fourth-order valence-electron chi connectivity index (χ4n) is 2.66. The second kappa shape index (κ2) is 6.43. The molecule has 3 amide bonds. The van der Waals surface area contributed by atoms with Crippen LogP contribution >= 0.6 is 0 Å². The largest absolute Gasteiger partial charge is 0.373 e. The number of rotatable bonds is 5. The van der Waals surface area contributed by atoms with Gasteiger partial charge < -0.3 is 20.3 Å². The zero-order chi connectivity index (χ0) is 14.6. The molecule has 2 fully saturated rings. The van der Waals surface area contributed by atoms with E-state index in [0.29, 0.717) is 6.61 Å². The molecule has 1 heterocycles. The molecule has 0 aromatic heterocycles. The van der Waals surface area contributed by atoms with E-state index in [2.05, 4.69) is 10.6 Å². The fourth-order valence-corrected chi connectivity index (χ4v) is 2.66. The summed E-state index contributed by atoms with van der Waals surface area (Å²) >= 11 is 0. The molecule has 0 radical (unpaired) electrons. The van der Waals surface area contributed by atoms with Crippen molar-refractivity contribution < 1.29 is 14.3 Å². The van der Waals surface area contributed by atoms with Gasteiger partial charge in [0.1, 0.15) is 0 Å². The van der Waals surface area contributed by atoms with Crippen LogP contribution in [0.4, 0.5) is 4.79 Å².